The molecule has 17 heavy (non-hydrogen) atoms. The third-order valence-electron chi connectivity index (χ3n) is 4.46. The van der Waals surface area contributed by atoms with Crippen LogP contribution in [-0.4, -0.2) is 27.9 Å². The zero-order chi connectivity index (χ0) is 11.7. The Labute approximate surface area is 102 Å². The second-order valence-electron chi connectivity index (χ2n) is 5.54. The maximum atomic E-state index is 5.62. The van der Waals surface area contributed by atoms with E-state index < -0.39 is 0 Å². The molecule has 0 bridgehead atoms. The van der Waals surface area contributed by atoms with E-state index in [-0.39, 0.29) is 5.60 Å². The first-order valence-corrected chi connectivity index (χ1v) is 6.78. The molecule has 94 valence electrons. The highest BCUT2D eigenvalue weighted by Gasteiger charge is 2.38. The van der Waals surface area contributed by atoms with Crippen molar-refractivity contribution in [1.82, 2.24) is 15.2 Å². The van der Waals surface area contributed by atoms with Crippen molar-refractivity contribution in [3.05, 3.63) is 11.6 Å². The maximum Gasteiger partial charge on any atom is 0.153 e. The Hall–Kier alpha value is -0.900. The van der Waals surface area contributed by atoms with Crippen LogP contribution in [0.15, 0.2) is 0 Å². The molecule has 1 N–H and O–H groups in total. The van der Waals surface area contributed by atoms with Gasteiger partial charge in [0.1, 0.15) is 5.82 Å². The minimum Gasteiger partial charge on any atom is -0.378 e. The van der Waals surface area contributed by atoms with E-state index in [1.54, 1.807) is 0 Å². The van der Waals surface area contributed by atoms with Gasteiger partial charge in [0.2, 0.25) is 0 Å². The average Bonchev–Trinajstić information content (AvgIpc) is 2.94. The highest BCUT2D eigenvalue weighted by Crippen LogP contribution is 2.38. The Bertz CT molecular complexity index is 372. The van der Waals surface area contributed by atoms with Crippen LogP contribution in [0.5, 0.6) is 0 Å². The zero-order valence-electron chi connectivity index (χ0n) is 10.5. The molecular formula is C13H21N3O. The van der Waals surface area contributed by atoms with Gasteiger partial charge in [-0.1, -0.05) is 12.8 Å². The number of nitrogens with zero attached hydrogens (tertiary/aromatic N) is 2. The first-order chi connectivity index (χ1) is 8.31. The van der Waals surface area contributed by atoms with Crippen molar-refractivity contribution < 1.29 is 4.74 Å². The molecule has 0 aromatic carbocycles. The number of hydrogen-bond donors (Lipinski definition) is 1. The van der Waals surface area contributed by atoms with Gasteiger partial charge in [0, 0.05) is 19.4 Å². The fourth-order valence-corrected chi connectivity index (χ4v) is 3.09. The predicted molar refractivity (Wildman–Crippen MR) is 64.9 cm³/mol. The highest BCUT2D eigenvalue weighted by atomic mass is 16.5. The summed E-state index contributed by atoms with van der Waals surface area (Å²) in [4.78, 5) is 4.66. The van der Waals surface area contributed by atoms with Crippen molar-refractivity contribution in [2.45, 2.75) is 62.9 Å². The van der Waals surface area contributed by atoms with E-state index in [1.165, 1.54) is 32.1 Å². The van der Waals surface area contributed by atoms with Gasteiger partial charge in [0.05, 0.1) is 5.60 Å². The fourth-order valence-electron chi connectivity index (χ4n) is 3.09. The lowest BCUT2D eigenvalue weighted by Gasteiger charge is -2.39. The molecule has 0 saturated heterocycles. The van der Waals surface area contributed by atoms with E-state index in [0.717, 1.165) is 30.9 Å². The fraction of sp³-hybridized carbons (Fsp3) is 0.846. The number of methoxy groups -OCH3 is 1. The Morgan fingerprint density at radius 1 is 1.29 bits per heavy atom. The van der Waals surface area contributed by atoms with E-state index in [2.05, 4.69) is 15.2 Å². The molecule has 0 aliphatic heterocycles. The van der Waals surface area contributed by atoms with Gasteiger partial charge in [-0.25, -0.2) is 4.98 Å². The lowest BCUT2D eigenvalue weighted by molar-refractivity contribution is -0.0720. The number of aromatic amines is 1. The molecule has 0 radical (unpaired) electrons. The van der Waals surface area contributed by atoms with Crippen LogP contribution in [0.1, 0.15) is 62.5 Å². The third kappa shape index (κ3) is 2.10. The van der Waals surface area contributed by atoms with Gasteiger partial charge < -0.3 is 4.74 Å². The van der Waals surface area contributed by atoms with Crippen molar-refractivity contribution in [1.29, 1.82) is 0 Å². The highest BCUT2D eigenvalue weighted by molar-refractivity contribution is 5.04. The first-order valence-electron chi connectivity index (χ1n) is 6.78. The molecule has 4 heteroatoms. The lowest BCUT2D eigenvalue weighted by Crippen LogP contribution is -2.41. The largest absolute Gasteiger partial charge is 0.378 e. The summed E-state index contributed by atoms with van der Waals surface area (Å²) in [5, 5.41) is 7.48. The maximum absolute atomic E-state index is 5.62. The molecule has 0 atom stereocenters. The second kappa shape index (κ2) is 4.41. The summed E-state index contributed by atoms with van der Waals surface area (Å²) < 4.78 is 5.62. The molecule has 4 nitrogen and oxygen atoms in total. The SMILES string of the molecule is COC1(Cc2nc(C3CCCC3)n[nH]2)CCC1. The van der Waals surface area contributed by atoms with Crippen molar-refractivity contribution in [3.8, 4) is 0 Å². The molecule has 0 unspecified atom stereocenters. The molecule has 0 amide bonds. The molecule has 1 aromatic heterocycles. The summed E-state index contributed by atoms with van der Waals surface area (Å²) in [6.07, 6.45) is 9.65. The van der Waals surface area contributed by atoms with Gasteiger partial charge in [-0.2, -0.15) is 5.10 Å². The third-order valence-corrected chi connectivity index (χ3v) is 4.46. The average molecular weight is 235 g/mol. The summed E-state index contributed by atoms with van der Waals surface area (Å²) in [6, 6.07) is 0. The number of H-pyrrole nitrogens is 1. The summed E-state index contributed by atoms with van der Waals surface area (Å²) >= 11 is 0. The number of rotatable bonds is 4. The molecule has 1 aromatic rings. The van der Waals surface area contributed by atoms with E-state index in [1.807, 2.05) is 7.11 Å². The van der Waals surface area contributed by atoms with Gasteiger partial charge in [0.25, 0.3) is 0 Å². The normalized spacial score (nSPS) is 23.8. The van der Waals surface area contributed by atoms with Gasteiger partial charge in [-0.05, 0) is 32.1 Å². The van der Waals surface area contributed by atoms with Crippen LogP contribution < -0.4 is 0 Å². The van der Waals surface area contributed by atoms with Gasteiger partial charge in [-0.3, -0.25) is 5.10 Å². The van der Waals surface area contributed by atoms with Crippen molar-refractivity contribution >= 4 is 0 Å². The van der Waals surface area contributed by atoms with Gasteiger partial charge >= 0.3 is 0 Å². The first kappa shape index (κ1) is 11.2. The Balaban J connectivity index is 1.67. The van der Waals surface area contributed by atoms with E-state index in [4.69, 9.17) is 4.74 Å². The molecular weight excluding hydrogens is 214 g/mol. The smallest absolute Gasteiger partial charge is 0.153 e. The van der Waals surface area contributed by atoms with Crippen LogP contribution in [0.3, 0.4) is 0 Å². The van der Waals surface area contributed by atoms with E-state index in [0.29, 0.717) is 5.92 Å². The number of hydrogen-bond acceptors (Lipinski definition) is 3. The number of aromatic nitrogens is 3. The summed E-state index contributed by atoms with van der Waals surface area (Å²) in [5.74, 6) is 2.64. The quantitative estimate of drug-likeness (QED) is 0.872. The van der Waals surface area contributed by atoms with Crippen molar-refractivity contribution in [2.24, 2.45) is 0 Å². The van der Waals surface area contributed by atoms with Crippen LogP contribution in [-0.2, 0) is 11.2 Å². The Kier molecular flexibility index (Phi) is 2.90. The molecule has 3 rings (SSSR count). The van der Waals surface area contributed by atoms with Crippen molar-refractivity contribution in [3.63, 3.8) is 0 Å². The molecule has 0 spiro atoms. The minimum absolute atomic E-state index is 0.0481. The monoisotopic (exact) mass is 235 g/mol. The van der Waals surface area contributed by atoms with Crippen LogP contribution in [0.2, 0.25) is 0 Å². The molecule has 2 fully saturated rings. The summed E-state index contributed by atoms with van der Waals surface area (Å²) in [5.41, 5.74) is 0.0481. The molecule has 2 aliphatic carbocycles. The van der Waals surface area contributed by atoms with E-state index >= 15 is 0 Å². The number of nitrogens with one attached hydrogen (secondary N) is 1. The summed E-state index contributed by atoms with van der Waals surface area (Å²) in [6.45, 7) is 0. The van der Waals surface area contributed by atoms with Crippen LogP contribution >= 0.6 is 0 Å². The minimum atomic E-state index is 0.0481. The van der Waals surface area contributed by atoms with E-state index in [9.17, 15) is 0 Å². The van der Waals surface area contributed by atoms with Crippen molar-refractivity contribution in [2.75, 3.05) is 7.11 Å². The molecule has 1 heterocycles. The topological polar surface area (TPSA) is 50.8 Å². The standard InChI is InChI=1S/C13H21N3O/c1-17-13(7-4-8-13)9-11-14-12(16-15-11)10-5-2-3-6-10/h10H,2-9H2,1H3,(H,14,15,16). The predicted octanol–water partition coefficient (Wildman–Crippen LogP) is 2.57. The van der Waals surface area contributed by atoms with Gasteiger partial charge in [-0.15, -0.1) is 0 Å². The lowest BCUT2D eigenvalue weighted by atomic mass is 9.77. The molecule has 2 aliphatic rings. The second-order valence-corrected chi connectivity index (χ2v) is 5.54. The van der Waals surface area contributed by atoms with Gasteiger partial charge in [0.15, 0.2) is 5.82 Å². The Morgan fingerprint density at radius 3 is 2.65 bits per heavy atom. The summed E-state index contributed by atoms with van der Waals surface area (Å²) in [7, 11) is 1.81. The van der Waals surface area contributed by atoms with Crippen LogP contribution in [0, 0.1) is 0 Å². The molecule has 2 saturated carbocycles. The Morgan fingerprint density at radius 2 is 2.06 bits per heavy atom. The zero-order valence-corrected chi connectivity index (χ0v) is 10.5. The number of ether oxygens (including phenoxy) is 1. The van der Waals surface area contributed by atoms with Crippen LogP contribution in [0.4, 0.5) is 0 Å². The van der Waals surface area contributed by atoms with Crippen LogP contribution in [0.25, 0.3) is 0 Å².